The second-order valence-electron chi connectivity index (χ2n) is 5.72. The van der Waals surface area contributed by atoms with E-state index in [1.165, 1.54) is 57.8 Å². The smallest absolute Gasteiger partial charge is 0.00912 e. The van der Waals surface area contributed by atoms with Crippen LogP contribution in [0.5, 0.6) is 0 Å². The largest absolute Gasteiger partial charge is 0.103 e. The van der Waals surface area contributed by atoms with Crippen molar-refractivity contribution in [1.29, 1.82) is 0 Å². The van der Waals surface area contributed by atoms with E-state index in [2.05, 4.69) is 32.6 Å². The van der Waals surface area contributed by atoms with Crippen LogP contribution in [0, 0.1) is 31.6 Å². The molecule has 0 heteroatoms. The van der Waals surface area contributed by atoms with Gasteiger partial charge in [0.05, 0.1) is 0 Å². The third-order valence-electron chi connectivity index (χ3n) is 3.64. The molecule has 2 radical (unpaired) electrons. The van der Waals surface area contributed by atoms with Crippen LogP contribution in [-0.2, 0) is 0 Å². The summed E-state index contributed by atoms with van der Waals surface area (Å²) < 4.78 is 0. The van der Waals surface area contributed by atoms with E-state index in [-0.39, 0.29) is 0 Å². The highest BCUT2D eigenvalue weighted by atomic mass is 14.1. The number of hydrogen-bond acceptors (Lipinski definition) is 0. The van der Waals surface area contributed by atoms with Crippen LogP contribution in [0.15, 0.2) is 0 Å². The molecule has 1 atom stereocenters. The molecule has 0 aromatic heterocycles. The van der Waals surface area contributed by atoms with Gasteiger partial charge in [-0.15, -0.1) is 11.8 Å². The van der Waals surface area contributed by atoms with Crippen molar-refractivity contribution in [3.8, 4) is 11.8 Å². The van der Waals surface area contributed by atoms with Crippen molar-refractivity contribution in [3.63, 3.8) is 0 Å². The molecular weight excluding hydrogens is 228 g/mol. The normalized spacial score (nSPS) is 11.9. The van der Waals surface area contributed by atoms with Crippen LogP contribution in [0.1, 0.15) is 90.4 Å². The molecular formula is C19H34. The van der Waals surface area contributed by atoms with Crippen molar-refractivity contribution in [3.05, 3.63) is 13.8 Å². The fourth-order valence-electron chi connectivity index (χ4n) is 2.23. The summed E-state index contributed by atoms with van der Waals surface area (Å²) in [5.41, 5.74) is 0. The van der Waals surface area contributed by atoms with Gasteiger partial charge in [-0.2, -0.15) is 0 Å². The van der Waals surface area contributed by atoms with Gasteiger partial charge in [0.25, 0.3) is 0 Å². The molecule has 0 nitrogen and oxygen atoms in total. The van der Waals surface area contributed by atoms with Crippen LogP contribution in [0.4, 0.5) is 0 Å². The first-order valence-electron chi connectivity index (χ1n) is 8.35. The predicted molar refractivity (Wildman–Crippen MR) is 87.7 cm³/mol. The van der Waals surface area contributed by atoms with E-state index in [9.17, 15) is 0 Å². The Bertz CT molecular complexity index is 218. The van der Waals surface area contributed by atoms with Gasteiger partial charge >= 0.3 is 0 Å². The van der Waals surface area contributed by atoms with E-state index in [1.54, 1.807) is 0 Å². The van der Waals surface area contributed by atoms with Gasteiger partial charge in [0.15, 0.2) is 0 Å². The molecule has 0 spiro atoms. The Morgan fingerprint density at radius 3 is 1.95 bits per heavy atom. The molecule has 0 aliphatic rings. The Hall–Kier alpha value is -0.440. The van der Waals surface area contributed by atoms with Gasteiger partial charge in [-0.1, -0.05) is 78.6 Å². The molecule has 19 heavy (non-hydrogen) atoms. The van der Waals surface area contributed by atoms with Crippen LogP contribution >= 0.6 is 0 Å². The monoisotopic (exact) mass is 262 g/mol. The molecule has 0 bridgehead atoms. The lowest BCUT2D eigenvalue weighted by Gasteiger charge is -2.08. The predicted octanol–water partition coefficient (Wildman–Crippen LogP) is 6.37. The molecule has 0 fully saturated rings. The molecule has 0 aromatic rings. The lowest BCUT2D eigenvalue weighted by molar-refractivity contribution is 0.467. The quantitative estimate of drug-likeness (QED) is 0.283. The van der Waals surface area contributed by atoms with Gasteiger partial charge < -0.3 is 0 Å². The van der Waals surface area contributed by atoms with Crippen LogP contribution in [-0.4, -0.2) is 0 Å². The summed E-state index contributed by atoms with van der Waals surface area (Å²) in [5, 5.41) is 0. The minimum absolute atomic E-state index is 0.844. The van der Waals surface area contributed by atoms with Gasteiger partial charge in [-0.05, 0) is 18.8 Å². The summed E-state index contributed by atoms with van der Waals surface area (Å²) in [6.45, 7) is 10.1. The topological polar surface area (TPSA) is 0 Å². The maximum atomic E-state index is 3.88. The van der Waals surface area contributed by atoms with Crippen molar-refractivity contribution in [1.82, 2.24) is 0 Å². The highest BCUT2D eigenvalue weighted by Gasteiger charge is 2.00. The summed E-state index contributed by atoms with van der Waals surface area (Å²) in [7, 11) is 0. The molecule has 1 unspecified atom stereocenters. The molecule has 0 heterocycles. The summed E-state index contributed by atoms with van der Waals surface area (Å²) >= 11 is 0. The Labute approximate surface area is 122 Å². The fraction of sp³-hybridized carbons (Fsp3) is 0.789. The lowest BCUT2D eigenvalue weighted by atomic mass is 9.98. The van der Waals surface area contributed by atoms with E-state index < -0.39 is 0 Å². The van der Waals surface area contributed by atoms with Gasteiger partial charge in [-0.25, -0.2) is 0 Å². The standard InChI is InChI=1S/C19H34/c1-4-6-8-10-11-12-13-14-16-18-19(3)17-15-9-7-5-2/h19H,1-2,4-12,15-18H2,3H3. The Balaban J connectivity index is 3.27. The van der Waals surface area contributed by atoms with Gasteiger partial charge in [-0.3, -0.25) is 0 Å². The van der Waals surface area contributed by atoms with Crippen molar-refractivity contribution in [2.24, 2.45) is 5.92 Å². The summed E-state index contributed by atoms with van der Waals surface area (Å²) in [6, 6.07) is 0. The fourth-order valence-corrected chi connectivity index (χ4v) is 2.23. The van der Waals surface area contributed by atoms with E-state index in [4.69, 9.17) is 0 Å². The van der Waals surface area contributed by atoms with Gasteiger partial charge in [0.1, 0.15) is 0 Å². The summed E-state index contributed by atoms with van der Waals surface area (Å²) in [6.07, 6.45) is 16.2. The maximum Gasteiger partial charge on any atom is 0.00912 e. The van der Waals surface area contributed by atoms with Crippen LogP contribution in [0.2, 0.25) is 0 Å². The Morgan fingerprint density at radius 2 is 1.26 bits per heavy atom. The molecule has 0 amide bonds. The van der Waals surface area contributed by atoms with Crippen molar-refractivity contribution < 1.29 is 0 Å². The van der Waals surface area contributed by atoms with Crippen LogP contribution in [0.3, 0.4) is 0 Å². The zero-order valence-electron chi connectivity index (χ0n) is 13.2. The molecule has 110 valence electrons. The Morgan fingerprint density at radius 1 is 0.684 bits per heavy atom. The summed E-state index contributed by atoms with van der Waals surface area (Å²) in [5.74, 6) is 7.50. The molecule has 0 saturated carbocycles. The first-order valence-corrected chi connectivity index (χ1v) is 8.35. The molecule has 0 aliphatic heterocycles. The van der Waals surface area contributed by atoms with Gasteiger partial charge in [0, 0.05) is 12.8 Å². The number of rotatable bonds is 12. The molecule has 0 aliphatic carbocycles. The summed E-state index contributed by atoms with van der Waals surface area (Å²) in [4.78, 5) is 0. The van der Waals surface area contributed by atoms with Crippen molar-refractivity contribution in [2.75, 3.05) is 0 Å². The van der Waals surface area contributed by atoms with Crippen LogP contribution < -0.4 is 0 Å². The highest BCUT2D eigenvalue weighted by molar-refractivity contribution is 4.98. The zero-order chi connectivity index (χ0) is 14.2. The Kier molecular flexibility index (Phi) is 15.3. The molecule has 0 N–H and O–H groups in total. The highest BCUT2D eigenvalue weighted by Crippen LogP contribution is 2.15. The molecule has 0 saturated heterocycles. The second kappa shape index (κ2) is 15.6. The average Bonchev–Trinajstić information content (AvgIpc) is 2.42. The van der Waals surface area contributed by atoms with E-state index in [0.29, 0.717) is 0 Å². The van der Waals surface area contributed by atoms with Crippen molar-refractivity contribution >= 4 is 0 Å². The number of unbranched alkanes of at least 4 members (excludes halogenated alkanes) is 8. The van der Waals surface area contributed by atoms with E-state index in [0.717, 1.165) is 31.6 Å². The third kappa shape index (κ3) is 15.5. The molecule has 0 aromatic carbocycles. The molecule has 0 rings (SSSR count). The SMILES string of the molecule is [CH2]CCCCCCC#CCCC(C)CCCCC[CH2]. The van der Waals surface area contributed by atoms with E-state index >= 15 is 0 Å². The first-order chi connectivity index (χ1) is 9.31. The van der Waals surface area contributed by atoms with Crippen molar-refractivity contribution in [2.45, 2.75) is 90.4 Å². The van der Waals surface area contributed by atoms with E-state index in [1.807, 2.05) is 0 Å². The second-order valence-corrected chi connectivity index (χ2v) is 5.72. The maximum absolute atomic E-state index is 3.88. The third-order valence-corrected chi connectivity index (χ3v) is 3.64. The zero-order valence-corrected chi connectivity index (χ0v) is 13.2. The van der Waals surface area contributed by atoms with Gasteiger partial charge in [0.2, 0.25) is 0 Å². The number of hydrogen-bond donors (Lipinski definition) is 0. The first kappa shape index (κ1) is 18.6. The minimum Gasteiger partial charge on any atom is -0.103 e. The van der Waals surface area contributed by atoms with Crippen LogP contribution in [0.25, 0.3) is 0 Å². The lowest BCUT2D eigenvalue weighted by Crippen LogP contribution is -1.94. The minimum atomic E-state index is 0.844. The average molecular weight is 262 g/mol.